The molecule has 0 bridgehead atoms. The molecule has 1 N–H and O–H groups in total. The number of aryl methyl sites for hydroxylation is 1. The summed E-state index contributed by atoms with van der Waals surface area (Å²) in [5, 5.41) is 10.4. The standard InChI is InChI=1S/C10H8O3S/c11-9(12)5-6-1-2-8-7(10(6)13)3-4-14-8/h3-5H,1-2H2,(H,11,12)/b6-5+. The van der Waals surface area contributed by atoms with Gasteiger partial charge in [-0.2, -0.15) is 0 Å². The van der Waals surface area contributed by atoms with Gasteiger partial charge in [0.1, 0.15) is 0 Å². The Morgan fingerprint density at radius 3 is 3.00 bits per heavy atom. The molecule has 0 aliphatic heterocycles. The van der Waals surface area contributed by atoms with E-state index in [4.69, 9.17) is 5.11 Å². The molecule has 0 spiro atoms. The fourth-order valence-corrected chi connectivity index (χ4v) is 2.43. The van der Waals surface area contributed by atoms with Crippen molar-refractivity contribution < 1.29 is 14.7 Å². The second kappa shape index (κ2) is 3.38. The maximum atomic E-state index is 11.7. The summed E-state index contributed by atoms with van der Waals surface area (Å²) < 4.78 is 0. The average molecular weight is 208 g/mol. The predicted molar refractivity (Wildman–Crippen MR) is 52.7 cm³/mol. The van der Waals surface area contributed by atoms with Crippen molar-refractivity contribution in [3.8, 4) is 0 Å². The molecule has 0 radical (unpaired) electrons. The third-order valence-electron chi connectivity index (χ3n) is 2.20. The van der Waals surface area contributed by atoms with Crippen LogP contribution in [0.3, 0.4) is 0 Å². The van der Waals surface area contributed by atoms with Crippen LogP contribution in [-0.2, 0) is 11.2 Å². The summed E-state index contributed by atoms with van der Waals surface area (Å²) in [5.74, 6) is -1.18. The van der Waals surface area contributed by atoms with Crippen LogP contribution in [0.4, 0.5) is 0 Å². The van der Waals surface area contributed by atoms with E-state index < -0.39 is 5.97 Å². The number of fused-ring (bicyclic) bond motifs is 1. The van der Waals surface area contributed by atoms with E-state index in [0.29, 0.717) is 17.6 Å². The third-order valence-corrected chi connectivity index (χ3v) is 3.18. The Morgan fingerprint density at radius 1 is 1.50 bits per heavy atom. The zero-order valence-electron chi connectivity index (χ0n) is 7.32. The molecule has 14 heavy (non-hydrogen) atoms. The van der Waals surface area contributed by atoms with E-state index >= 15 is 0 Å². The molecule has 1 heterocycles. The highest BCUT2D eigenvalue weighted by Gasteiger charge is 2.23. The van der Waals surface area contributed by atoms with Crippen molar-refractivity contribution in [3.05, 3.63) is 33.5 Å². The van der Waals surface area contributed by atoms with Gasteiger partial charge >= 0.3 is 5.97 Å². The first-order valence-corrected chi connectivity index (χ1v) is 5.11. The highest BCUT2D eigenvalue weighted by molar-refractivity contribution is 7.10. The number of rotatable bonds is 1. The number of thiophene rings is 1. The number of hydrogen-bond acceptors (Lipinski definition) is 3. The zero-order valence-corrected chi connectivity index (χ0v) is 8.13. The van der Waals surface area contributed by atoms with Crippen LogP contribution in [0, 0.1) is 0 Å². The quantitative estimate of drug-likeness (QED) is 0.717. The second-order valence-electron chi connectivity index (χ2n) is 3.09. The molecule has 0 fully saturated rings. The summed E-state index contributed by atoms with van der Waals surface area (Å²) in [6.07, 6.45) is 2.33. The number of allylic oxidation sites excluding steroid dienone is 1. The minimum absolute atomic E-state index is 0.130. The van der Waals surface area contributed by atoms with Crippen LogP contribution in [-0.4, -0.2) is 16.9 Å². The fraction of sp³-hybridized carbons (Fsp3) is 0.200. The van der Waals surface area contributed by atoms with Gasteiger partial charge in [-0.25, -0.2) is 4.79 Å². The van der Waals surface area contributed by atoms with E-state index in [1.807, 2.05) is 5.38 Å². The highest BCUT2D eigenvalue weighted by atomic mass is 32.1. The van der Waals surface area contributed by atoms with Gasteiger partial charge in [0.2, 0.25) is 0 Å². The first kappa shape index (κ1) is 9.15. The molecule has 3 nitrogen and oxygen atoms in total. The Labute approximate surface area is 84.7 Å². The SMILES string of the molecule is O=C(O)/C=C1\CCc2sccc2C1=O. The summed E-state index contributed by atoms with van der Waals surface area (Å²) in [4.78, 5) is 23.2. The molecule has 1 aliphatic rings. The largest absolute Gasteiger partial charge is 0.478 e. The molecule has 0 unspecified atom stereocenters. The van der Waals surface area contributed by atoms with Crippen LogP contribution in [0.2, 0.25) is 0 Å². The van der Waals surface area contributed by atoms with E-state index in [0.717, 1.165) is 17.4 Å². The summed E-state index contributed by atoms with van der Waals surface area (Å²) >= 11 is 1.55. The Balaban J connectivity index is 2.39. The second-order valence-corrected chi connectivity index (χ2v) is 4.10. The van der Waals surface area contributed by atoms with Gasteiger partial charge in [-0.1, -0.05) is 0 Å². The minimum atomic E-state index is -1.05. The van der Waals surface area contributed by atoms with E-state index in [2.05, 4.69) is 0 Å². The van der Waals surface area contributed by atoms with Crippen LogP contribution < -0.4 is 0 Å². The molecular weight excluding hydrogens is 200 g/mol. The van der Waals surface area contributed by atoms with Crippen molar-refractivity contribution >= 4 is 23.1 Å². The van der Waals surface area contributed by atoms with Crippen LogP contribution in [0.5, 0.6) is 0 Å². The highest BCUT2D eigenvalue weighted by Crippen LogP contribution is 2.28. The van der Waals surface area contributed by atoms with E-state index in [1.165, 1.54) is 0 Å². The molecule has 0 amide bonds. The van der Waals surface area contributed by atoms with Gasteiger partial charge in [0.25, 0.3) is 0 Å². The Hall–Kier alpha value is -1.42. The molecule has 0 aromatic carbocycles. The van der Waals surface area contributed by atoms with Gasteiger partial charge in [-0.05, 0) is 24.3 Å². The smallest absolute Gasteiger partial charge is 0.328 e. The van der Waals surface area contributed by atoms with Crippen LogP contribution in [0.25, 0.3) is 0 Å². The van der Waals surface area contributed by atoms with Gasteiger partial charge in [0.15, 0.2) is 5.78 Å². The number of carbonyl (C=O) groups is 2. The number of carboxylic acids is 1. The number of carboxylic acid groups (broad SMARTS) is 1. The average Bonchev–Trinajstić information content (AvgIpc) is 2.57. The number of ketones is 1. The van der Waals surface area contributed by atoms with E-state index in [1.54, 1.807) is 17.4 Å². The number of hydrogen-bond donors (Lipinski definition) is 1. The lowest BCUT2D eigenvalue weighted by atomic mass is 9.92. The number of carbonyl (C=O) groups excluding carboxylic acids is 1. The van der Waals surface area contributed by atoms with Gasteiger partial charge in [-0.3, -0.25) is 4.79 Å². The maximum Gasteiger partial charge on any atom is 0.328 e. The summed E-state index contributed by atoms with van der Waals surface area (Å²) in [6.45, 7) is 0. The summed E-state index contributed by atoms with van der Waals surface area (Å²) in [7, 11) is 0. The van der Waals surface area contributed by atoms with Crippen molar-refractivity contribution in [2.24, 2.45) is 0 Å². The van der Waals surface area contributed by atoms with Crippen LogP contribution in [0.1, 0.15) is 21.7 Å². The van der Waals surface area contributed by atoms with Crippen LogP contribution >= 0.6 is 11.3 Å². The predicted octanol–water partition coefficient (Wildman–Crippen LogP) is 1.89. The summed E-state index contributed by atoms with van der Waals surface area (Å²) in [5.41, 5.74) is 1.08. The number of aliphatic carboxylic acids is 1. The Bertz CT molecular complexity index is 428. The molecule has 1 aliphatic carbocycles. The third kappa shape index (κ3) is 1.48. The molecule has 1 aromatic rings. The van der Waals surface area contributed by atoms with Crippen molar-refractivity contribution in [2.45, 2.75) is 12.8 Å². The fourth-order valence-electron chi connectivity index (χ4n) is 1.56. The zero-order chi connectivity index (χ0) is 10.1. The normalized spacial score (nSPS) is 18.3. The van der Waals surface area contributed by atoms with Gasteiger partial charge in [-0.15, -0.1) is 11.3 Å². The Morgan fingerprint density at radius 2 is 2.29 bits per heavy atom. The number of Topliss-reactive ketones (excluding diaryl/α,β-unsaturated/α-hetero) is 1. The molecule has 0 atom stereocenters. The molecular formula is C10H8O3S. The van der Waals surface area contributed by atoms with Crippen molar-refractivity contribution in [2.75, 3.05) is 0 Å². The molecule has 0 saturated carbocycles. The van der Waals surface area contributed by atoms with Crippen molar-refractivity contribution in [1.82, 2.24) is 0 Å². The maximum absolute atomic E-state index is 11.7. The van der Waals surface area contributed by atoms with Crippen molar-refractivity contribution in [1.29, 1.82) is 0 Å². The van der Waals surface area contributed by atoms with E-state index in [9.17, 15) is 9.59 Å². The molecule has 72 valence electrons. The Kier molecular flexibility index (Phi) is 2.21. The molecule has 4 heteroatoms. The van der Waals surface area contributed by atoms with Crippen molar-refractivity contribution in [3.63, 3.8) is 0 Å². The lowest BCUT2D eigenvalue weighted by Gasteiger charge is -2.12. The van der Waals surface area contributed by atoms with Gasteiger partial charge < -0.3 is 5.11 Å². The van der Waals surface area contributed by atoms with Gasteiger partial charge in [0, 0.05) is 22.1 Å². The van der Waals surface area contributed by atoms with E-state index in [-0.39, 0.29) is 5.78 Å². The molecule has 1 aromatic heterocycles. The van der Waals surface area contributed by atoms with Crippen LogP contribution in [0.15, 0.2) is 23.1 Å². The minimum Gasteiger partial charge on any atom is -0.478 e. The lowest BCUT2D eigenvalue weighted by molar-refractivity contribution is -0.131. The summed E-state index contributed by atoms with van der Waals surface area (Å²) in [6, 6.07) is 1.76. The molecule has 2 rings (SSSR count). The molecule has 0 saturated heterocycles. The first-order chi connectivity index (χ1) is 6.68. The van der Waals surface area contributed by atoms with Gasteiger partial charge in [0.05, 0.1) is 0 Å². The topological polar surface area (TPSA) is 54.4 Å². The lowest BCUT2D eigenvalue weighted by Crippen LogP contribution is -2.13. The first-order valence-electron chi connectivity index (χ1n) is 4.23. The monoisotopic (exact) mass is 208 g/mol.